The van der Waals surface area contributed by atoms with Gasteiger partial charge in [-0.15, -0.1) is 11.3 Å². The topological polar surface area (TPSA) is 31.4 Å². The number of aryl methyl sites for hydroxylation is 1. The quantitative estimate of drug-likeness (QED) is 0.768. The lowest BCUT2D eigenvalue weighted by atomic mass is 9.72. The average Bonchev–Trinajstić information content (AvgIpc) is 2.79. The van der Waals surface area contributed by atoms with Crippen molar-refractivity contribution in [1.82, 2.24) is 4.98 Å². The average molecular weight is 309 g/mol. The van der Waals surface area contributed by atoms with Crippen LogP contribution in [0.15, 0.2) is 16.7 Å². The van der Waals surface area contributed by atoms with E-state index in [1.54, 1.807) is 11.3 Å². The number of hydrogen-bond acceptors (Lipinski definition) is 4. The summed E-state index contributed by atoms with van der Waals surface area (Å²) >= 11 is 1.66. The minimum absolute atomic E-state index is 0.238. The molecular weight excluding hydrogens is 288 g/mol. The first-order valence-electron chi connectivity index (χ1n) is 7.35. The van der Waals surface area contributed by atoms with Crippen LogP contribution in [0, 0.1) is 6.92 Å². The van der Waals surface area contributed by atoms with Crippen molar-refractivity contribution in [1.29, 1.82) is 0 Å². The lowest BCUT2D eigenvalue weighted by molar-refractivity contribution is 0.00578. The molecule has 6 heteroatoms. The van der Waals surface area contributed by atoms with E-state index in [0.717, 1.165) is 29.1 Å². The van der Waals surface area contributed by atoms with Crippen molar-refractivity contribution in [3.05, 3.63) is 27.4 Å². The van der Waals surface area contributed by atoms with Crippen LogP contribution in [0.3, 0.4) is 0 Å². The van der Waals surface area contributed by atoms with Gasteiger partial charge in [-0.25, -0.2) is 9.37 Å². The predicted octanol–water partition coefficient (Wildman–Crippen LogP) is 4.18. The summed E-state index contributed by atoms with van der Waals surface area (Å²) in [6.45, 7) is 9.74. The van der Waals surface area contributed by atoms with Crippen molar-refractivity contribution in [2.24, 2.45) is 0 Å². The van der Waals surface area contributed by atoms with Gasteiger partial charge in [0.05, 0.1) is 16.2 Å². The second-order valence-electron chi connectivity index (χ2n) is 6.97. The fourth-order valence-corrected chi connectivity index (χ4v) is 3.48. The van der Waals surface area contributed by atoms with E-state index >= 15 is 0 Å². The van der Waals surface area contributed by atoms with Gasteiger partial charge in [-0.05, 0) is 53.0 Å². The predicted molar refractivity (Wildman–Crippen MR) is 83.0 cm³/mol. The summed E-state index contributed by atoms with van der Waals surface area (Å²) in [5, 5.41) is 3.15. The maximum Gasteiger partial charge on any atom is 0.525 e. The lowest BCUT2D eigenvalue weighted by Gasteiger charge is -2.32. The SMILES string of the molecule is Cc1csc(C2CC(=C(F)B3OC(C)(C)C(C)(C)O3)C2)n1. The van der Waals surface area contributed by atoms with Crippen LogP contribution in [0.2, 0.25) is 0 Å². The Hall–Kier alpha value is -0.715. The third-order valence-corrected chi connectivity index (χ3v) is 5.89. The fourth-order valence-electron chi connectivity index (χ4n) is 2.58. The molecule has 1 saturated carbocycles. The number of aromatic nitrogens is 1. The van der Waals surface area contributed by atoms with E-state index in [0.29, 0.717) is 5.92 Å². The highest BCUT2D eigenvalue weighted by Gasteiger charge is 2.54. The molecule has 0 amide bonds. The number of allylic oxidation sites excluding steroid dienone is 1. The Morgan fingerprint density at radius 3 is 2.33 bits per heavy atom. The van der Waals surface area contributed by atoms with E-state index in [2.05, 4.69) is 4.98 Å². The van der Waals surface area contributed by atoms with E-state index in [-0.39, 0.29) is 5.73 Å². The van der Waals surface area contributed by atoms with Crippen LogP contribution in [-0.2, 0) is 9.31 Å². The van der Waals surface area contributed by atoms with Gasteiger partial charge in [0.2, 0.25) is 0 Å². The molecule has 0 unspecified atom stereocenters. The van der Waals surface area contributed by atoms with Gasteiger partial charge in [-0.2, -0.15) is 0 Å². The molecule has 2 heterocycles. The highest BCUT2D eigenvalue weighted by molar-refractivity contribution is 7.09. The number of thiazole rings is 1. The Morgan fingerprint density at radius 1 is 1.29 bits per heavy atom. The Kier molecular flexibility index (Phi) is 3.54. The summed E-state index contributed by atoms with van der Waals surface area (Å²) in [6, 6.07) is 0. The second-order valence-corrected chi connectivity index (χ2v) is 7.86. The molecular formula is C15H21BFNO2S. The van der Waals surface area contributed by atoms with Crippen LogP contribution < -0.4 is 0 Å². The Labute approximate surface area is 129 Å². The second kappa shape index (κ2) is 4.90. The largest absolute Gasteiger partial charge is 0.525 e. The van der Waals surface area contributed by atoms with Crippen LogP contribution in [0.4, 0.5) is 4.39 Å². The summed E-state index contributed by atoms with van der Waals surface area (Å²) in [7, 11) is -0.857. The maximum atomic E-state index is 14.5. The smallest absolute Gasteiger partial charge is 0.398 e. The molecule has 3 rings (SSSR count). The summed E-state index contributed by atoms with van der Waals surface area (Å²) in [5.41, 5.74) is 0.624. The monoisotopic (exact) mass is 309 g/mol. The van der Waals surface area contributed by atoms with Crippen LogP contribution in [0.5, 0.6) is 0 Å². The highest BCUT2D eigenvalue weighted by atomic mass is 32.1. The summed E-state index contributed by atoms with van der Waals surface area (Å²) in [6.07, 6.45) is 1.45. The first-order valence-corrected chi connectivity index (χ1v) is 8.22. The van der Waals surface area contributed by atoms with Crippen molar-refractivity contribution >= 4 is 18.5 Å². The number of nitrogens with zero attached hydrogens (tertiary/aromatic N) is 1. The van der Waals surface area contributed by atoms with Crippen LogP contribution >= 0.6 is 11.3 Å². The summed E-state index contributed by atoms with van der Waals surface area (Å²) in [5.74, 6) is 0.354. The maximum absolute atomic E-state index is 14.5. The molecule has 0 spiro atoms. The number of rotatable bonds is 2. The molecule has 0 aromatic carbocycles. The van der Waals surface area contributed by atoms with Gasteiger partial charge in [0.15, 0.2) is 0 Å². The first kappa shape index (κ1) is 15.2. The van der Waals surface area contributed by atoms with Gasteiger partial charge in [0, 0.05) is 17.0 Å². The molecule has 1 saturated heterocycles. The first-order chi connectivity index (χ1) is 9.69. The van der Waals surface area contributed by atoms with Crippen molar-refractivity contribution in [3.63, 3.8) is 0 Å². The molecule has 21 heavy (non-hydrogen) atoms. The van der Waals surface area contributed by atoms with E-state index in [1.807, 2.05) is 40.0 Å². The number of hydrogen-bond donors (Lipinski definition) is 0. The van der Waals surface area contributed by atoms with Gasteiger partial charge in [-0.1, -0.05) is 0 Å². The molecule has 1 aliphatic heterocycles. The summed E-state index contributed by atoms with van der Waals surface area (Å²) < 4.78 is 26.1. The van der Waals surface area contributed by atoms with Gasteiger partial charge >= 0.3 is 7.12 Å². The molecule has 0 N–H and O–H groups in total. The van der Waals surface area contributed by atoms with Crippen LogP contribution in [-0.4, -0.2) is 23.3 Å². The third-order valence-electron chi connectivity index (χ3n) is 4.77. The third kappa shape index (κ3) is 2.58. The molecule has 114 valence electrons. The minimum atomic E-state index is -0.857. The zero-order chi connectivity index (χ0) is 15.4. The van der Waals surface area contributed by atoms with Gasteiger partial charge in [-0.3, -0.25) is 0 Å². The molecule has 2 aliphatic rings. The fraction of sp³-hybridized carbons (Fsp3) is 0.667. The summed E-state index contributed by atoms with van der Waals surface area (Å²) in [4.78, 5) is 4.48. The van der Waals surface area contributed by atoms with Crippen molar-refractivity contribution in [2.45, 2.75) is 64.6 Å². The molecule has 3 nitrogen and oxygen atoms in total. The highest BCUT2D eigenvalue weighted by Crippen LogP contribution is 2.46. The molecule has 0 radical (unpaired) electrons. The van der Waals surface area contributed by atoms with E-state index < -0.39 is 18.3 Å². The van der Waals surface area contributed by atoms with E-state index in [1.165, 1.54) is 0 Å². The van der Waals surface area contributed by atoms with Gasteiger partial charge in [0.25, 0.3) is 0 Å². The minimum Gasteiger partial charge on any atom is -0.398 e. The normalized spacial score (nSPS) is 26.9. The van der Waals surface area contributed by atoms with Crippen molar-refractivity contribution in [2.75, 3.05) is 0 Å². The Morgan fingerprint density at radius 2 is 1.86 bits per heavy atom. The van der Waals surface area contributed by atoms with Crippen LogP contribution in [0.1, 0.15) is 57.2 Å². The van der Waals surface area contributed by atoms with E-state index in [4.69, 9.17) is 9.31 Å². The lowest BCUT2D eigenvalue weighted by Crippen LogP contribution is -2.41. The van der Waals surface area contributed by atoms with E-state index in [9.17, 15) is 4.39 Å². The zero-order valence-corrected chi connectivity index (χ0v) is 14.0. The molecule has 1 aliphatic carbocycles. The van der Waals surface area contributed by atoms with Gasteiger partial charge in [0.1, 0.15) is 5.73 Å². The molecule has 2 fully saturated rings. The molecule has 1 aromatic rings. The molecule has 0 bridgehead atoms. The van der Waals surface area contributed by atoms with Crippen molar-refractivity contribution < 1.29 is 13.7 Å². The Balaban J connectivity index is 1.69. The van der Waals surface area contributed by atoms with Crippen molar-refractivity contribution in [3.8, 4) is 0 Å². The molecule has 0 atom stereocenters. The number of halogens is 1. The van der Waals surface area contributed by atoms with Crippen LogP contribution in [0.25, 0.3) is 0 Å². The molecule has 1 aromatic heterocycles. The zero-order valence-electron chi connectivity index (χ0n) is 13.2. The Bertz CT molecular complexity index is 572. The van der Waals surface area contributed by atoms with Gasteiger partial charge < -0.3 is 9.31 Å². The standard InChI is InChI=1S/C15H21BFNO2S/c1-9-8-21-13(18-9)11-6-10(7-11)12(17)16-19-14(2,3)15(4,5)20-16/h8,11H,6-7H2,1-5H3.